The molecular formula is C10H22N2O. The predicted molar refractivity (Wildman–Crippen MR) is 55.6 cm³/mol. The summed E-state index contributed by atoms with van der Waals surface area (Å²) >= 11 is 0. The van der Waals surface area contributed by atoms with Crippen LogP contribution >= 0.6 is 0 Å². The summed E-state index contributed by atoms with van der Waals surface area (Å²) in [6.45, 7) is 7.07. The first-order valence-corrected chi connectivity index (χ1v) is 5.06. The number of hydrogen-bond donors (Lipinski definition) is 2. The lowest BCUT2D eigenvalue weighted by molar-refractivity contribution is -0.123. The monoisotopic (exact) mass is 186 g/mol. The minimum Gasteiger partial charge on any atom is -0.355 e. The third-order valence-corrected chi connectivity index (χ3v) is 1.92. The van der Waals surface area contributed by atoms with Crippen molar-refractivity contribution in [1.82, 2.24) is 10.6 Å². The third-order valence-electron chi connectivity index (χ3n) is 1.92. The molecule has 0 radical (unpaired) electrons. The van der Waals surface area contributed by atoms with Gasteiger partial charge in [-0.3, -0.25) is 4.79 Å². The lowest BCUT2D eigenvalue weighted by Gasteiger charge is -2.17. The molecule has 0 heterocycles. The first-order chi connectivity index (χ1) is 6.11. The van der Waals surface area contributed by atoms with Crippen molar-refractivity contribution in [3.05, 3.63) is 0 Å². The molecule has 13 heavy (non-hydrogen) atoms. The van der Waals surface area contributed by atoms with E-state index in [2.05, 4.69) is 31.4 Å². The van der Waals surface area contributed by atoms with Crippen LogP contribution in [0.15, 0.2) is 0 Å². The highest BCUT2D eigenvalue weighted by Gasteiger charge is 2.16. The van der Waals surface area contributed by atoms with E-state index in [0.29, 0.717) is 5.92 Å². The molecule has 3 nitrogen and oxygen atoms in total. The van der Waals surface area contributed by atoms with Gasteiger partial charge in [0.15, 0.2) is 0 Å². The molecule has 0 fully saturated rings. The van der Waals surface area contributed by atoms with E-state index in [9.17, 15) is 4.79 Å². The van der Waals surface area contributed by atoms with Crippen molar-refractivity contribution < 1.29 is 4.79 Å². The zero-order valence-corrected chi connectivity index (χ0v) is 9.18. The molecule has 0 aromatic rings. The highest BCUT2D eigenvalue weighted by molar-refractivity contribution is 5.81. The molecule has 0 spiro atoms. The number of carbonyl (C=O) groups is 1. The molecule has 1 atom stereocenters. The Balaban J connectivity index is 3.85. The second-order valence-corrected chi connectivity index (χ2v) is 3.76. The molecule has 0 aromatic heterocycles. The van der Waals surface area contributed by atoms with Crippen molar-refractivity contribution in [2.24, 2.45) is 5.92 Å². The smallest absolute Gasteiger partial charge is 0.237 e. The van der Waals surface area contributed by atoms with Gasteiger partial charge in [0.25, 0.3) is 0 Å². The van der Waals surface area contributed by atoms with E-state index < -0.39 is 0 Å². The Bertz CT molecular complexity index is 146. The van der Waals surface area contributed by atoms with E-state index in [4.69, 9.17) is 0 Å². The molecule has 1 amide bonds. The van der Waals surface area contributed by atoms with Crippen LogP contribution < -0.4 is 10.6 Å². The van der Waals surface area contributed by atoms with Gasteiger partial charge in [0.2, 0.25) is 5.91 Å². The lowest BCUT2D eigenvalue weighted by atomic mass is 10.0. The molecule has 0 aromatic carbocycles. The number of likely N-dealkylation sites (N-methyl/N-ethyl adjacent to an activating group) is 1. The standard InChI is InChI=1S/C10H22N2O/c1-5-6-12-10(13)9(11-4)7-8(2)3/h8-9,11H,5-7H2,1-4H3,(H,12,13)/t9-/m0/s1. The van der Waals surface area contributed by atoms with Crippen molar-refractivity contribution in [2.75, 3.05) is 13.6 Å². The Morgan fingerprint density at radius 1 is 1.38 bits per heavy atom. The molecule has 0 rings (SSSR count). The maximum Gasteiger partial charge on any atom is 0.237 e. The summed E-state index contributed by atoms with van der Waals surface area (Å²) in [4.78, 5) is 11.5. The molecule has 78 valence electrons. The minimum absolute atomic E-state index is 0.0356. The van der Waals surface area contributed by atoms with E-state index in [-0.39, 0.29) is 11.9 Å². The van der Waals surface area contributed by atoms with Crippen molar-refractivity contribution in [3.8, 4) is 0 Å². The van der Waals surface area contributed by atoms with Gasteiger partial charge in [-0.15, -0.1) is 0 Å². The number of rotatable bonds is 6. The van der Waals surface area contributed by atoms with Gasteiger partial charge in [0.05, 0.1) is 6.04 Å². The molecule has 0 aliphatic heterocycles. The van der Waals surface area contributed by atoms with Crippen LogP contribution in [0.1, 0.15) is 33.6 Å². The zero-order valence-electron chi connectivity index (χ0n) is 9.18. The fourth-order valence-electron chi connectivity index (χ4n) is 1.20. The second-order valence-electron chi connectivity index (χ2n) is 3.76. The van der Waals surface area contributed by atoms with Gasteiger partial charge in [0, 0.05) is 6.54 Å². The second kappa shape index (κ2) is 6.89. The molecule has 0 bridgehead atoms. The highest BCUT2D eigenvalue weighted by atomic mass is 16.2. The van der Waals surface area contributed by atoms with Crippen LogP contribution in [0.4, 0.5) is 0 Å². The lowest BCUT2D eigenvalue weighted by Crippen LogP contribution is -2.43. The summed E-state index contributed by atoms with van der Waals surface area (Å²) in [7, 11) is 1.83. The Morgan fingerprint density at radius 3 is 2.38 bits per heavy atom. The van der Waals surface area contributed by atoms with E-state index in [1.54, 1.807) is 0 Å². The van der Waals surface area contributed by atoms with Gasteiger partial charge in [-0.2, -0.15) is 0 Å². The van der Waals surface area contributed by atoms with E-state index in [0.717, 1.165) is 19.4 Å². The number of carbonyl (C=O) groups excluding carboxylic acids is 1. The fourth-order valence-corrected chi connectivity index (χ4v) is 1.20. The Kier molecular flexibility index (Phi) is 6.59. The van der Waals surface area contributed by atoms with Gasteiger partial charge in [-0.25, -0.2) is 0 Å². The maximum absolute atomic E-state index is 11.5. The zero-order chi connectivity index (χ0) is 10.3. The van der Waals surface area contributed by atoms with Crippen molar-refractivity contribution in [2.45, 2.75) is 39.7 Å². The van der Waals surface area contributed by atoms with Crippen molar-refractivity contribution in [1.29, 1.82) is 0 Å². The first kappa shape index (κ1) is 12.4. The predicted octanol–water partition coefficient (Wildman–Crippen LogP) is 1.15. The third kappa shape index (κ3) is 5.64. The summed E-state index contributed by atoms with van der Waals surface area (Å²) in [5.74, 6) is 0.669. The molecule has 0 aliphatic rings. The minimum atomic E-state index is -0.0356. The number of nitrogens with one attached hydrogen (secondary N) is 2. The summed E-state index contributed by atoms with van der Waals surface area (Å²) in [5.41, 5.74) is 0. The Morgan fingerprint density at radius 2 is 2.00 bits per heavy atom. The molecular weight excluding hydrogens is 164 g/mol. The molecule has 0 saturated heterocycles. The summed E-state index contributed by atoms with van der Waals surface area (Å²) in [6.07, 6.45) is 1.88. The molecule has 0 aliphatic carbocycles. The van der Waals surface area contributed by atoms with Crippen LogP contribution in [0.25, 0.3) is 0 Å². The Labute approximate surface area is 81.3 Å². The normalized spacial score (nSPS) is 13.0. The largest absolute Gasteiger partial charge is 0.355 e. The van der Waals surface area contributed by atoms with Gasteiger partial charge in [-0.05, 0) is 25.8 Å². The number of amides is 1. The van der Waals surface area contributed by atoms with Gasteiger partial charge in [-0.1, -0.05) is 20.8 Å². The van der Waals surface area contributed by atoms with E-state index in [1.807, 2.05) is 7.05 Å². The summed E-state index contributed by atoms with van der Waals surface area (Å²) in [5, 5.41) is 5.92. The van der Waals surface area contributed by atoms with Crippen LogP contribution in [0.2, 0.25) is 0 Å². The summed E-state index contributed by atoms with van der Waals surface area (Å²) < 4.78 is 0. The maximum atomic E-state index is 11.5. The van der Waals surface area contributed by atoms with Gasteiger partial charge < -0.3 is 10.6 Å². The number of hydrogen-bond acceptors (Lipinski definition) is 2. The quantitative estimate of drug-likeness (QED) is 0.653. The van der Waals surface area contributed by atoms with Crippen LogP contribution in [-0.2, 0) is 4.79 Å². The average molecular weight is 186 g/mol. The molecule has 3 heteroatoms. The SMILES string of the molecule is CCCNC(=O)[C@H](CC(C)C)NC. The Hall–Kier alpha value is -0.570. The molecule has 0 unspecified atom stereocenters. The van der Waals surface area contributed by atoms with E-state index >= 15 is 0 Å². The summed E-state index contributed by atoms with van der Waals surface area (Å²) in [6, 6.07) is -0.0356. The van der Waals surface area contributed by atoms with Crippen molar-refractivity contribution >= 4 is 5.91 Å². The molecule has 2 N–H and O–H groups in total. The van der Waals surface area contributed by atoms with Crippen LogP contribution in [0, 0.1) is 5.92 Å². The van der Waals surface area contributed by atoms with Gasteiger partial charge >= 0.3 is 0 Å². The van der Waals surface area contributed by atoms with Crippen molar-refractivity contribution in [3.63, 3.8) is 0 Å². The first-order valence-electron chi connectivity index (χ1n) is 5.06. The highest BCUT2D eigenvalue weighted by Crippen LogP contribution is 2.04. The average Bonchev–Trinajstić information content (AvgIpc) is 2.09. The van der Waals surface area contributed by atoms with Crippen LogP contribution in [0.3, 0.4) is 0 Å². The van der Waals surface area contributed by atoms with Crippen LogP contribution in [0.5, 0.6) is 0 Å². The molecule has 0 saturated carbocycles. The van der Waals surface area contributed by atoms with E-state index in [1.165, 1.54) is 0 Å². The fraction of sp³-hybridized carbons (Fsp3) is 0.900. The topological polar surface area (TPSA) is 41.1 Å². The van der Waals surface area contributed by atoms with Crippen LogP contribution in [-0.4, -0.2) is 25.5 Å². The van der Waals surface area contributed by atoms with Gasteiger partial charge in [0.1, 0.15) is 0 Å².